The molecule has 3 aromatic carbocycles. The molecule has 1 aliphatic rings. The first-order chi connectivity index (χ1) is 16.9. The lowest BCUT2D eigenvalue weighted by Gasteiger charge is -2.12. The van der Waals surface area contributed by atoms with Crippen LogP contribution in [0.5, 0.6) is 17.2 Å². The van der Waals surface area contributed by atoms with Crippen LogP contribution in [-0.2, 0) is 13.2 Å². The summed E-state index contributed by atoms with van der Waals surface area (Å²) in [7, 11) is 1.61. The minimum absolute atomic E-state index is 0.160. The van der Waals surface area contributed by atoms with E-state index in [4.69, 9.17) is 14.2 Å². The molecule has 1 aromatic heterocycles. The number of ketones is 1. The normalized spacial score (nSPS) is 13.9. The molecule has 0 radical (unpaired) electrons. The zero-order valence-corrected chi connectivity index (χ0v) is 19.5. The number of nitrogens with zero attached hydrogens (tertiary/aromatic N) is 1. The molecule has 35 heavy (non-hydrogen) atoms. The van der Waals surface area contributed by atoms with Crippen LogP contribution in [0.1, 0.15) is 34.0 Å². The van der Waals surface area contributed by atoms with E-state index >= 15 is 0 Å². The fourth-order valence-corrected chi connectivity index (χ4v) is 4.29. The van der Waals surface area contributed by atoms with E-state index < -0.39 is 11.6 Å². The Morgan fingerprint density at radius 2 is 1.86 bits per heavy atom. The molecule has 0 aliphatic carbocycles. The number of carbonyl (C=O) groups excluding carboxylic acids is 1. The summed E-state index contributed by atoms with van der Waals surface area (Å²) in [5, 5.41) is 0.943. The zero-order valence-electron chi connectivity index (χ0n) is 19.5. The van der Waals surface area contributed by atoms with Crippen LogP contribution in [-0.4, -0.2) is 17.5 Å². The minimum atomic E-state index is -0.677. The lowest BCUT2D eigenvalue weighted by molar-refractivity contribution is 0.101. The molecule has 0 spiro atoms. The SMILES string of the molecule is CCn1cc(/C=C2\Oc3c(ccc(OCc4c(F)cccc4F)c3C)C2=O)c2cc(OC)ccc21. The first kappa shape index (κ1) is 22.7. The van der Waals surface area contributed by atoms with Crippen LogP contribution >= 0.6 is 0 Å². The summed E-state index contributed by atoms with van der Waals surface area (Å²) in [6, 6.07) is 12.7. The Hall–Kier alpha value is -4.13. The van der Waals surface area contributed by atoms with Gasteiger partial charge in [-0.25, -0.2) is 8.78 Å². The fraction of sp³-hybridized carbons (Fsp3) is 0.179. The molecular formula is C28H23F2NO4. The monoisotopic (exact) mass is 475 g/mol. The predicted octanol–water partition coefficient (Wildman–Crippen LogP) is 6.45. The molecule has 5 rings (SSSR count). The summed E-state index contributed by atoms with van der Waals surface area (Å²) in [6.45, 7) is 4.28. The first-order valence-electron chi connectivity index (χ1n) is 11.2. The molecule has 1 aliphatic heterocycles. The van der Waals surface area contributed by atoms with Gasteiger partial charge in [0.15, 0.2) is 5.76 Å². The molecule has 0 saturated heterocycles. The molecule has 2 heterocycles. The third-order valence-corrected chi connectivity index (χ3v) is 6.22. The molecule has 0 atom stereocenters. The molecule has 0 amide bonds. The van der Waals surface area contributed by atoms with Crippen molar-refractivity contribution in [2.45, 2.75) is 27.0 Å². The van der Waals surface area contributed by atoms with Crippen molar-refractivity contribution in [3.63, 3.8) is 0 Å². The van der Waals surface area contributed by atoms with E-state index in [1.807, 2.05) is 31.3 Å². The maximum Gasteiger partial charge on any atom is 0.231 e. The van der Waals surface area contributed by atoms with E-state index in [9.17, 15) is 13.6 Å². The number of halogens is 2. The number of carbonyl (C=O) groups is 1. The molecule has 0 saturated carbocycles. The van der Waals surface area contributed by atoms with Crippen molar-refractivity contribution < 1.29 is 27.8 Å². The number of Topliss-reactive ketones (excluding diaryl/α,β-unsaturated/α-hetero) is 1. The van der Waals surface area contributed by atoms with Gasteiger partial charge in [-0.1, -0.05) is 6.07 Å². The minimum Gasteiger partial charge on any atom is -0.497 e. The third-order valence-electron chi connectivity index (χ3n) is 6.22. The van der Waals surface area contributed by atoms with Crippen LogP contribution in [0.15, 0.2) is 60.5 Å². The van der Waals surface area contributed by atoms with E-state index in [1.165, 1.54) is 18.2 Å². The van der Waals surface area contributed by atoms with Crippen LogP contribution in [0.3, 0.4) is 0 Å². The topological polar surface area (TPSA) is 49.7 Å². The van der Waals surface area contributed by atoms with Gasteiger partial charge in [-0.2, -0.15) is 0 Å². The van der Waals surface area contributed by atoms with Crippen LogP contribution < -0.4 is 14.2 Å². The number of aromatic nitrogens is 1. The summed E-state index contributed by atoms with van der Waals surface area (Å²) in [5.74, 6) is 0.0781. The van der Waals surface area contributed by atoms with E-state index in [1.54, 1.807) is 32.2 Å². The van der Waals surface area contributed by atoms with Crippen LogP contribution in [0.25, 0.3) is 17.0 Å². The highest BCUT2D eigenvalue weighted by Gasteiger charge is 2.30. The van der Waals surface area contributed by atoms with E-state index in [2.05, 4.69) is 4.57 Å². The highest BCUT2D eigenvalue weighted by atomic mass is 19.1. The Bertz CT molecular complexity index is 1480. The van der Waals surface area contributed by atoms with Gasteiger partial charge in [0.2, 0.25) is 5.78 Å². The first-order valence-corrected chi connectivity index (χ1v) is 11.2. The average Bonchev–Trinajstić information content (AvgIpc) is 3.37. The van der Waals surface area contributed by atoms with E-state index in [0.717, 1.165) is 28.8 Å². The fourth-order valence-electron chi connectivity index (χ4n) is 4.29. The Balaban J connectivity index is 1.46. The van der Waals surface area contributed by atoms with Crippen LogP contribution in [0.4, 0.5) is 8.78 Å². The van der Waals surface area contributed by atoms with Crippen molar-refractivity contribution in [3.05, 3.63) is 94.4 Å². The second-order valence-corrected chi connectivity index (χ2v) is 8.25. The van der Waals surface area contributed by atoms with Gasteiger partial charge in [-0.05, 0) is 62.4 Å². The Labute approximate surface area is 201 Å². The van der Waals surface area contributed by atoms with Gasteiger partial charge < -0.3 is 18.8 Å². The van der Waals surface area contributed by atoms with Crippen molar-refractivity contribution in [2.75, 3.05) is 7.11 Å². The number of rotatable bonds is 6. The largest absolute Gasteiger partial charge is 0.497 e. The van der Waals surface area contributed by atoms with Gasteiger partial charge in [0, 0.05) is 34.8 Å². The summed E-state index contributed by atoms with van der Waals surface area (Å²) < 4.78 is 47.1. The summed E-state index contributed by atoms with van der Waals surface area (Å²) in [4.78, 5) is 13.1. The number of allylic oxidation sites excluding steroid dienone is 1. The molecule has 4 aromatic rings. The number of fused-ring (bicyclic) bond motifs is 2. The Morgan fingerprint density at radius 1 is 1.09 bits per heavy atom. The van der Waals surface area contributed by atoms with Crippen LogP contribution in [0, 0.1) is 18.6 Å². The lowest BCUT2D eigenvalue weighted by atomic mass is 10.1. The third kappa shape index (κ3) is 3.93. The second kappa shape index (κ2) is 8.91. The molecule has 0 fully saturated rings. The quantitative estimate of drug-likeness (QED) is 0.301. The van der Waals surface area contributed by atoms with Crippen molar-refractivity contribution in [1.82, 2.24) is 4.57 Å². The van der Waals surface area contributed by atoms with Crippen molar-refractivity contribution in [3.8, 4) is 17.2 Å². The maximum atomic E-state index is 14.0. The van der Waals surface area contributed by atoms with Gasteiger partial charge in [0.05, 0.1) is 18.2 Å². The molecule has 178 valence electrons. The molecule has 0 unspecified atom stereocenters. The standard InChI is InChI=1S/C28H23F2NO4/c1-4-31-14-17(20-13-18(33-3)8-10-24(20)31)12-26-27(32)19-9-11-25(16(2)28(19)35-26)34-15-21-22(29)6-5-7-23(21)30/h5-14H,4,15H2,1-3H3/b26-12-. The van der Waals surface area contributed by atoms with E-state index in [0.29, 0.717) is 22.6 Å². The summed E-state index contributed by atoms with van der Waals surface area (Å²) in [6.07, 6.45) is 3.70. The number of aryl methyl sites for hydroxylation is 1. The Morgan fingerprint density at radius 3 is 2.57 bits per heavy atom. The molecular weight excluding hydrogens is 452 g/mol. The lowest BCUT2D eigenvalue weighted by Crippen LogP contribution is -2.03. The summed E-state index contributed by atoms with van der Waals surface area (Å²) in [5.41, 5.74) is 2.69. The highest BCUT2D eigenvalue weighted by Crippen LogP contribution is 2.40. The van der Waals surface area contributed by atoms with Crippen LogP contribution in [0.2, 0.25) is 0 Å². The molecule has 0 bridgehead atoms. The number of benzene rings is 3. The number of methoxy groups -OCH3 is 1. The van der Waals surface area contributed by atoms with Crippen molar-refractivity contribution in [2.24, 2.45) is 0 Å². The van der Waals surface area contributed by atoms with Crippen molar-refractivity contribution >= 4 is 22.8 Å². The van der Waals surface area contributed by atoms with Gasteiger partial charge in [0.25, 0.3) is 0 Å². The zero-order chi connectivity index (χ0) is 24.7. The molecule has 5 nitrogen and oxygen atoms in total. The smallest absolute Gasteiger partial charge is 0.231 e. The Kier molecular flexibility index (Phi) is 5.76. The highest BCUT2D eigenvalue weighted by molar-refractivity contribution is 6.15. The summed E-state index contributed by atoms with van der Waals surface area (Å²) >= 11 is 0. The average molecular weight is 475 g/mol. The van der Waals surface area contributed by atoms with E-state index in [-0.39, 0.29) is 23.7 Å². The molecule has 7 heteroatoms. The second-order valence-electron chi connectivity index (χ2n) is 8.25. The van der Waals surface area contributed by atoms with Gasteiger partial charge in [-0.3, -0.25) is 4.79 Å². The van der Waals surface area contributed by atoms with Gasteiger partial charge in [0.1, 0.15) is 35.5 Å². The number of hydrogen-bond donors (Lipinski definition) is 0. The number of ether oxygens (including phenoxy) is 3. The van der Waals surface area contributed by atoms with Gasteiger partial charge >= 0.3 is 0 Å². The van der Waals surface area contributed by atoms with Gasteiger partial charge in [-0.15, -0.1) is 0 Å². The predicted molar refractivity (Wildman–Crippen MR) is 129 cm³/mol. The maximum absolute atomic E-state index is 14.0. The number of hydrogen-bond acceptors (Lipinski definition) is 4. The molecule has 0 N–H and O–H groups in total. The van der Waals surface area contributed by atoms with Crippen molar-refractivity contribution in [1.29, 1.82) is 0 Å².